The molecule has 0 saturated heterocycles. The summed E-state index contributed by atoms with van der Waals surface area (Å²) in [6.07, 6.45) is 3.45. The zero-order chi connectivity index (χ0) is 21.8. The number of nitrogens with zero attached hydrogens (tertiary/aromatic N) is 5. The summed E-state index contributed by atoms with van der Waals surface area (Å²) in [5.41, 5.74) is 3.75. The lowest BCUT2D eigenvalue weighted by Gasteiger charge is -2.22. The highest BCUT2D eigenvalue weighted by atomic mass is 16.2. The van der Waals surface area contributed by atoms with Gasteiger partial charge in [-0.05, 0) is 43.5 Å². The largest absolute Gasteiger partial charge is 0.331 e. The number of pyridine rings is 1. The predicted octanol–water partition coefficient (Wildman–Crippen LogP) is 4.84. The average Bonchev–Trinajstić information content (AvgIpc) is 3.17. The summed E-state index contributed by atoms with van der Waals surface area (Å²) in [5.74, 6) is 0.0970. The smallest absolute Gasteiger partial charge is 0.255 e. The first-order chi connectivity index (χ1) is 14.3. The van der Waals surface area contributed by atoms with E-state index in [1.165, 1.54) is 0 Å². The van der Waals surface area contributed by atoms with Crippen molar-refractivity contribution < 1.29 is 4.79 Å². The number of hydrogen-bond acceptors (Lipinski definition) is 4. The molecule has 0 unspecified atom stereocenters. The van der Waals surface area contributed by atoms with Crippen LogP contribution in [0.2, 0.25) is 0 Å². The number of nitriles is 1. The summed E-state index contributed by atoms with van der Waals surface area (Å²) in [6, 6.07) is 11.4. The van der Waals surface area contributed by atoms with E-state index in [0.717, 1.165) is 22.3 Å². The van der Waals surface area contributed by atoms with Crippen molar-refractivity contribution in [3.8, 4) is 6.07 Å². The number of benzene rings is 1. The van der Waals surface area contributed by atoms with Crippen molar-refractivity contribution in [2.75, 3.05) is 6.54 Å². The Balaban J connectivity index is 2.05. The lowest BCUT2D eigenvalue weighted by molar-refractivity contribution is 0.0764. The molecule has 0 bridgehead atoms. The molecule has 2 heterocycles. The number of amides is 1. The maximum atomic E-state index is 13.6. The number of fused-ring (bicyclic) bond motifs is 1. The van der Waals surface area contributed by atoms with Crippen LogP contribution in [0.1, 0.15) is 66.8 Å². The lowest BCUT2D eigenvalue weighted by Crippen LogP contribution is -2.31. The Bertz CT molecular complexity index is 1100. The molecule has 30 heavy (non-hydrogen) atoms. The Morgan fingerprint density at radius 3 is 2.53 bits per heavy atom. The highest BCUT2D eigenvalue weighted by molar-refractivity contribution is 6.05. The Morgan fingerprint density at radius 1 is 1.27 bits per heavy atom. The van der Waals surface area contributed by atoms with E-state index in [2.05, 4.69) is 31.6 Å². The van der Waals surface area contributed by atoms with E-state index in [1.807, 2.05) is 36.7 Å². The molecule has 3 rings (SSSR count). The highest BCUT2D eigenvalue weighted by Crippen LogP contribution is 2.26. The van der Waals surface area contributed by atoms with Crippen molar-refractivity contribution in [2.45, 2.75) is 46.2 Å². The van der Waals surface area contributed by atoms with Crippen LogP contribution < -0.4 is 0 Å². The van der Waals surface area contributed by atoms with E-state index in [4.69, 9.17) is 10.2 Å². The predicted molar refractivity (Wildman–Crippen MR) is 118 cm³/mol. The molecular weight excluding hydrogens is 374 g/mol. The Labute approximate surface area is 177 Å². The lowest BCUT2D eigenvalue weighted by atomic mass is 10.0. The minimum Gasteiger partial charge on any atom is -0.331 e. The van der Waals surface area contributed by atoms with Gasteiger partial charge in [0.05, 0.1) is 28.8 Å². The third kappa shape index (κ3) is 4.25. The van der Waals surface area contributed by atoms with Crippen LogP contribution in [0.5, 0.6) is 0 Å². The van der Waals surface area contributed by atoms with Crippen LogP contribution in [0, 0.1) is 11.3 Å². The molecule has 6 nitrogen and oxygen atoms in total. The molecule has 0 saturated carbocycles. The number of rotatable bonds is 7. The molecule has 0 aliphatic heterocycles. The molecule has 0 fully saturated rings. The SMILES string of the molecule is C=CCN(Cc1ccc(C#N)cc1)C(=O)c1cc(C(C)C)nc2c1cnn2C(C)C. The van der Waals surface area contributed by atoms with Gasteiger partial charge in [0.15, 0.2) is 5.65 Å². The fourth-order valence-electron chi connectivity index (χ4n) is 3.34. The van der Waals surface area contributed by atoms with E-state index >= 15 is 0 Å². The minimum absolute atomic E-state index is 0.0862. The molecule has 0 aliphatic carbocycles. The fraction of sp³-hybridized carbons (Fsp3) is 0.333. The average molecular weight is 402 g/mol. The van der Waals surface area contributed by atoms with Crippen molar-refractivity contribution in [1.29, 1.82) is 5.26 Å². The van der Waals surface area contributed by atoms with Gasteiger partial charge in [-0.1, -0.05) is 32.1 Å². The van der Waals surface area contributed by atoms with E-state index in [1.54, 1.807) is 29.3 Å². The van der Waals surface area contributed by atoms with Crippen molar-refractivity contribution in [3.05, 3.63) is 71.6 Å². The summed E-state index contributed by atoms with van der Waals surface area (Å²) in [5, 5.41) is 14.2. The normalized spacial score (nSPS) is 11.1. The molecule has 154 valence electrons. The molecule has 2 aromatic heterocycles. The van der Waals surface area contributed by atoms with Gasteiger partial charge in [0.25, 0.3) is 5.91 Å². The molecule has 0 N–H and O–H groups in total. The van der Waals surface area contributed by atoms with Crippen molar-refractivity contribution in [1.82, 2.24) is 19.7 Å². The summed E-state index contributed by atoms with van der Waals surface area (Å²) in [7, 11) is 0. The van der Waals surface area contributed by atoms with Crippen LogP contribution in [-0.4, -0.2) is 32.1 Å². The number of hydrogen-bond donors (Lipinski definition) is 0. The van der Waals surface area contributed by atoms with E-state index in [-0.39, 0.29) is 17.9 Å². The topological polar surface area (TPSA) is 74.8 Å². The van der Waals surface area contributed by atoms with E-state index in [0.29, 0.717) is 24.2 Å². The monoisotopic (exact) mass is 401 g/mol. The molecule has 0 spiro atoms. The van der Waals surface area contributed by atoms with Gasteiger partial charge in [-0.25, -0.2) is 9.67 Å². The van der Waals surface area contributed by atoms with Crippen LogP contribution in [0.15, 0.2) is 49.2 Å². The second-order valence-electron chi connectivity index (χ2n) is 7.95. The summed E-state index contributed by atoms with van der Waals surface area (Å²) in [6.45, 7) is 12.9. The molecule has 1 aromatic carbocycles. The van der Waals surface area contributed by atoms with Gasteiger partial charge in [0.1, 0.15) is 0 Å². The summed E-state index contributed by atoms with van der Waals surface area (Å²) in [4.78, 5) is 20.1. The summed E-state index contributed by atoms with van der Waals surface area (Å²) < 4.78 is 1.86. The van der Waals surface area contributed by atoms with Gasteiger partial charge < -0.3 is 4.90 Å². The molecule has 6 heteroatoms. The Kier molecular flexibility index (Phi) is 6.31. The zero-order valence-electron chi connectivity index (χ0n) is 18.0. The number of carbonyl (C=O) groups is 1. The Hall–Kier alpha value is -3.46. The molecular formula is C24H27N5O. The fourth-order valence-corrected chi connectivity index (χ4v) is 3.34. The first-order valence-electron chi connectivity index (χ1n) is 10.1. The second kappa shape index (κ2) is 8.91. The zero-order valence-corrected chi connectivity index (χ0v) is 18.0. The van der Waals surface area contributed by atoms with Gasteiger partial charge in [-0.2, -0.15) is 10.4 Å². The summed E-state index contributed by atoms with van der Waals surface area (Å²) >= 11 is 0. The van der Waals surface area contributed by atoms with Gasteiger partial charge in [0, 0.05) is 24.8 Å². The van der Waals surface area contributed by atoms with Crippen molar-refractivity contribution >= 4 is 16.9 Å². The van der Waals surface area contributed by atoms with Crippen molar-refractivity contribution in [2.24, 2.45) is 0 Å². The maximum absolute atomic E-state index is 13.6. The number of carbonyl (C=O) groups excluding carboxylic acids is 1. The second-order valence-corrected chi connectivity index (χ2v) is 7.95. The third-order valence-corrected chi connectivity index (χ3v) is 4.99. The van der Waals surface area contributed by atoms with Gasteiger partial charge in [-0.3, -0.25) is 4.79 Å². The van der Waals surface area contributed by atoms with Gasteiger partial charge >= 0.3 is 0 Å². The van der Waals surface area contributed by atoms with Crippen LogP contribution in [0.4, 0.5) is 0 Å². The molecule has 0 radical (unpaired) electrons. The standard InChI is InChI=1S/C24H27N5O/c1-6-11-28(15-19-9-7-18(13-25)8-10-19)24(30)20-12-22(16(2)3)27-23-21(20)14-26-29(23)17(4)5/h6-10,12,14,16-17H,1,11,15H2,2-5H3. The van der Waals surface area contributed by atoms with E-state index in [9.17, 15) is 4.79 Å². The quantitative estimate of drug-likeness (QED) is 0.531. The molecule has 0 atom stereocenters. The Morgan fingerprint density at radius 2 is 1.97 bits per heavy atom. The molecule has 0 aliphatic rings. The van der Waals surface area contributed by atoms with Crippen molar-refractivity contribution in [3.63, 3.8) is 0 Å². The highest BCUT2D eigenvalue weighted by Gasteiger charge is 2.22. The van der Waals surface area contributed by atoms with E-state index < -0.39 is 0 Å². The van der Waals surface area contributed by atoms with Crippen LogP contribution >= 0.6 is 0 Å². The first-order valence-corrected chi connectivity index (χ1v) is 10.1. The van der Waals surface area contributed by atoms with Gasteiger partial charge in [-0.15, -0.1) is 6.58 Å². The molecule has 3 aromatic rings. The maximum Gasteiger partial charge on any atom is 0.255 e. The minimum atomic E-state index is -0.0862. The molecule has 1 amide bonds. The van der Waals surface area contributed by atoms with Crippen LogP contribution in [0.25, 0.3) is 11.0 Å². The van der Waals surface area contributed by atoms with Crippen LogP contribution in [-0.2, 0) is 6.54 Å². The third-order valence-electron chi connectivity index (χ3n) is 4.99. The van der Waals surface area contributed by atoms with Gasteiger partial charge in [0.2, 0.25) is 0 Å². The number of aromatic nitrogens is 3. The first kappa shape index (κ1) is 21.3. The van der Waals surface area contributed by atoms with Crippen LogP contribution in [0.3, 0.4) is 0 Å².